The lowest BCUT2D eigenvalue weighted by Crippen LogP contribution is -2.47. The van der Waals surface area contributed by atoms with E-state index in [0.717, 1.165) is 28.1 Å². The number of hydrogen-bond acceptors (Lipinski definition) is 5. The van der Waals surface area contributed by atoms with Gasteiger partial charge >= 0.3 is 0 Å². The van der Waals surface area contributed by atoms with Crippen LogP contribution in [0.25, 0.3) is 0 Å². The number of rotatable bonds is 4. The van der Waals surface area contributed by atoms with Gasteiger partial charge in [-0.15, -0.1) is 0 Å². The van der Waals surface area contributed by atoms with Gasteiger partial charge in [0, 0.05) is 24.4 Å². The number of methoxy groups -OCH3 is 1. The molecule has 6 rings (SSSR count). The lowest BCUT2D eigenvalue weighted by Gasteiger charge is -2.47. The maximum atomic E-state index is 14.0. The summed E-state index contributed by atoms with van der Waals surface area (Å²) in [7, 11) is -2.17. The van der Waals surface area contributed by atoms with E-state index >= 15 is 0 Å². The van der Waals surface area contributed by atoms with Crippen LogP contribution in [-0.2, 0) is 10.0 Å². The Morgan fingerprint density at radius 2 is 1.64 bits per heavy atom. The van der Waals surface area contributed by atoms with Gasteiger partial charge in [0.1, 0.15) is 0 Å². The van der Waals surface area contributed by atoms with Crippen LogP contribution in [0, 0.1) is 12.8 Å². The van der Waals surface area contributed by atoms with E-state index in [1.165, 1.54) is 0 Å². The Bertz CT molecular complexity index is 1520. The number of pyridine rings is 1. The minimum absolute atomic E-state index is 0.0708. The third-order valence-electron chi connectivity index (χ3n) is 7.26. The van der Waals surface area contributed by atoms with Crippen molar-refractivity contribution in [3.05, 3.63) is 113 Å². The van der Waals surface area contributed by atoms with E-state index < -0.39 is 10.0 Å². The quantitative estimate of drug-likeness (QED) is 0.402. The van der Waals surface area contributed by atoms with Crippen LogP contribution >= 0.6 is 0 Å². The first-order chi connectivity index (χ1) is 17.5. The Balaban J connectivity index is 1.54. The Morgan fingerprint density at radius 3 is 2.39 bits per heavy atom. The largest absolute Gasteiger partial charge is 0.481 e. The highest BCUT2D eigenvalue weighted by atomic mass is 32.2. The van der Waals surface area contributed by atoms with E-state index in [4.69, 9.17) is 9.72 Å². The zero-order valence-corrected chi connectivity index (χ0v) is 20.9. The van der Waals surface area contributed by atoms with Gasteiger partial charge < -0.3 is 10.1 Å². The topological polar surface area (TPSA) is 71.5 Å². The molecule has 0 fully saturated rings. The molecule has 0 amide bonds. The van der Waals surface area contributed by atoms with Gasteiger partial charge in [-0.2, -0.15) is 0 Å². The van der Waals surface area contributed by atoms with Crippen LogP contribution in [0.4, 0.5) is 11.4 Å². The Kier molecular flexibility index (Phi) is 5.45. The summed E-state index contributed by atoms with van der Waals surface area (Å²) in [6.45, 7) is 2.27. The molecule has 0 saturated carbocycles. The number of anilines is 2. The number of fused-ring (bicyclic) bond motifs is 4. The average Bonchev–Trinajstić information content (AvgIpc) is 2.91. The number of nitrogens with zero attached hydrogens (tertiary/aromatic N) is 2. The van der Waals surface area contributed by atoms with Crippen LogP contribution in [0.3, 0.4) is 0 Å². The number of sulfonamides is 1. The minimum atomic E-state index is -3.78. The van der Waals surface area contributed by atoms with E-state index in [9.17, 15) is 8.42 Å². The molecule has 1 N–H and O–H groups in total. The van der Waals surface area contributed by atoms with E-state index in [2.05, 4.69) is 17.4 Å². The highest BCUT2D eigenvalue weighted by molar-refractivity contribution is 7.92. The molecule has 6 nitrogen and oxygen atoms in total. The molecule has 0 aliphatic carbocycles. The second-order valence-corrected chi connectivity index (χ2v) is 11.2. The Labute approximate surface area is 211 Å². The molecule has 36 heavy (non-hydrogen) atoms. The van der Waals surface area contributed by atoms with Crippen LogP contribution in [0.2, 0.25) is 0 Å². The van der Waals surface area contributed by atoms with Gasteiger partial charge in [-0.05, 0) is 42.3 Å². The lowest BCUT2D eigenvalue weighted by atomic mass is 9.72. The number of para-hydroxylation sites is 1. The fraction of sp³-hybridized carbons (Fsp3) is 0.207. The van der Waals surface area contributed by atoms with E-state index in [-0.39, 0.29) is 17.9 Å². The SMILES string of the molecule is COc1ccc2c(n1)[C@@H](c1ccccc1)[C@@H]1CN(S(=O)(=O)c3ccc(C)cc3)c3ccccc3[C@H]1N2. The van der Waals surface area contributed by atoms with Crippen molar-refractivity contribution in [1.82, 2.24) is 4.98 Å². The van der Waals surface area contributed by atoms with Crippen molar-refractivity contribution in [2.75, 3.05) is 23.3 Å². The van der Waals surface area contributed by atoms with Crippen LogP contribution in [0.1, 0.15) is 34.3 Å². The van der Waals surface area contributed by atoms with Crippen molar-refractivity contribution in [2.24, 2.45) is 5.92 Å². The van der Waals surface area contributed by atoms with Gasteiger partial charge in [-0.1, -0.05) is 66.2 Å². The van der Waals surface area contributed by atoms with Crippen LogP contribution in [-0.4, -0.2) is 27.1 Å². The zero-order valence-electron chi connectivity index (χ0n) is 20.1. The fourth-order valence-corrected chi connectivity index (χ4v) is 7.04. The molecule has 7 heteroatoms. The number of hydrogen-bond donors (Lipinski definition) is 1. The third-order valence-corrected chi connectivity index (χ3v) is 9.05. The molecule has 2 aliphatic heterocycles. The van der Waals surface area contributed by atoms with Crippen molar-refractivity contribution in [2.45, 2.75) is 23.8 Å². The molecule has 1 aromatic heterocycles. The number of ether oxygens (including phenoxy) is 1. The maximum Gasteiger partial charge on any atom is 0.264 e. The second kappa shape index (κ2) is 8.68. The Morgan fingerprint density at radius 1 is 0.917 bits per heavy atom. The van der Waals surface area contributed by atoms with Gasteiger partial charge in [0.15, 0.2) is 0 Å². The monoisotopic (exact) mass is 497 g/mol. The molecule has 4 aromatic rings. The van der Waals surface area contributed by atoms with Crippen molar-refractivity contribution in [3.8, 4) is 5.88 Å². The summed E-state index contributed by atoms with van der Waals surface area (Å²) in [5.74, 6) is 0.330. The predicted octanol–water partition coefficient (Wildman–Crippen LogP) is 5.52. The second-order valence-electron chi connectivity index (χ2n) is 9.37. The van der Waals surface area contributed by atoms with Crippen molar-refractivity contribution in [1.29, 1.82) is 0 Å². The highest BCUT2D eigenvalue weighted by Crippen LogP contribution is 2.52. The molecule has 3 heterocycles. The maximum absolute atomic E-state index is 14.0. The highest BCUT2D eigenvalue weighted by Gasteiger charge is 2.46. The molecule has 0 bridgehead atoms. The van der Waals surface area contributed by atoms with Gasteiger partial charge in [-0.3, -0.25) is 4.31 Å². The van der Waals surface area contributed by atoms with Gasteiger partial charge in [0.2, 0.25) is 5.88 Å². The first-order valence-corrected chi connectivity index (χ1v) is 13.5. The van der Waals surface area contributed by atoms with Crippen LogP contribution in [0.15, 0.2) is 95.9 Å². The molecule has 2 aliphatic rings. The number of nitrogens with one attached hydrogen (secondary N) is 1. The number of aromatic nitrogens is 1. The summed E-state index contributed by atoms with van der Waals surface area (Å²) < 4.78 is 35.0. The summed E-state index contributed by atoms with van der Waals surface area (Å²) in [5.41, 5.74) is 5.60. The van der Waals surface area contributed by atoms with E-state index in [1.807, 2.05) is 73.7 Å². The molecule has 3 aromatic carbocycles. The van der Waals surface area contributed by atoms with Crippen molar-refractivity contribution >= 4 is 21.4 Å². The first kappa shape index (κ1) is 22.6. The minimum Gasteiger partial charge on any atom is -0.481 e. The molecular formula is C29H27N3O3S. The van der Waals surface area contributed by atoms with Crippen molar-refractivity contribution < 1.29 is 13.2 Å². The summed E-state index contributed by atoms with van der Waals surface area (Å²) in [5, 5.41) is 3.69. The number of aryl methyl sites for hydroxylation is 1. The van der Waals surface area contributed by atoms with Crippen molar-refractivity contribution in [3.63, 3.8) is 0 Å². The smallest absolute Gasteiger partial charge is 0.264 e. The zero-order chi connectivity index (χ0) is 24.9. The third kappa shape index (κ3) is 3.62. The Hall–Kier alpha value is -3.84. The van der Waals surface area contributed by atoms with E-state index in [0.29, 0.717) is 23.0 Å². The normalized spacial score (nSPS) is 20.5. The summed E-state index contributed by atoms with van der Waals surface area (Å²) >= 11 is 0. The molecular weight excluding hydrogens is 470 g/mol. The molecule has 0 unspecified atom stereocenters. The van der Waals surface area contributed by atoms with Gasteiger partial charge in [0.05, 0.1) is 35.1 Å². The van der Waals surface area contributed by atoms with E-state index in [1.54, 1.807) is 23.5 Å². The molecule has 3 atom stereocenters. The van der Waals surface area contributed by atoms with Gasteiger partial charge in [0.25, 0.3) is 10.0 Å². The van der Waals surface area contributed by atoms with Crippen LogP contribution < -0.4 is 14.4 Å². The molecule has 0 saturated heterocycles. The summed E-state index contributed by atoms with van der Waals surface area (Å²) in [6, 6.07) is 28.9. The summed E-state index contributed by atoms with van der Waals surface area (Å²) in [6.07, 6.45) is 0. The fourth-order valence-electron chi connectivity index (χ4n) is 5.52. The van der Waals surface area contributed by atoms with Gasteiger partial charge in [-0.25, -0.2) is 13.4 Å². The molecule has 182 valence electrons. The van der Waals surface area contributed by atoms with Crippen LogP contribution in [0.5, 0.6) is 5.88 Å². The summed E-state index contributed by atoms with van der Waals surface area (Å²) in [4.78, 5) is 5.13. The lowest BCUT2D eigenvalue weighted by molar-refractivity contribution is 0.367. The first-order valence-electron chi connectivity index (χ1n) is 12.0. The standard InChI is InChI=1S/C29H27N3O3S/c1-19-12-14-21(15-13-19)36(33,34)32-18-23-27(20-8-4-3-5-9-20)29-24(16-17-26(31-29)35-2)30-28(23)22-10-6-7-11-25(22)32/h3-17,23,27-28,30H,18H2,1-2H3/t23-,27-,28+/m0/s1. The molecule has 0 spiro atoms. The molecule has 0 radical (unpaired) electrons. The average molecular weight is 498 g/mol. The predicted molar refractivity (Wildman–Crippen MR) is 141 cm³/mol. The number of benzene rings is 3.